The Morgan fingerprint density at radius 2 is 1.84 bits per heavy atom. The van der Waals surface area contributed by atoms with E-state index in [1.165, 1.54) is 21.3 Å². The molecule has 0 bridgehead atoms. The molecular formula is C17H16ClIO6. The van der Waals surface area contributed by atoms with E-state index in [1.54, 1.807) is 13.0 Å². The highest BCUT2D eigenvalue weighted by Gasteiger charge is 2.61. The highest BCUT2D eigenvalue weighted by molar-refractivity contribution is 14.1. The van der Waals surface area contributed by atoms with Gasteiger partial charge in [0.05, 0.1) is 24.9 Å². The fourth-order valence-electron chi connectivity index (χ4n) is 3.34. The Morgan fingerprint density at radius 3 is 2.40 bits per heavy atom. The van der Waals surface area contributed by atoms with E-state index in [2.05, 4.69) is 0 Å². The molecule has 25 heavy (non-hydrogen) atoms. The number of ether oxygens (including phenoxy) is 4. The van der Waals surface area contributed by atoms with Crippen LogP contribution in [-0.2, 0) is 9.53 Å². The first-order valence-electron chi connectivity index (χ1n) is 7.49. The van der Waals surface area contributed by atoms with Crippen LogP contribution in [-0.4, -0.2) is 38.5 Å². The van der Waals surface area contributed by atoms with Crippen LogP contribution >= 0.6 is 34.2 Å². The number of hydrogen-bond donors (Lipinski definition) is 0. The van der Waals surface area contributed by atoms with Gasteiger partial charge >= 0.3 is 0 Å². The predicted octanol–water partition coefficient (Wildman–Crippen LogP) is 3.57. The standard InChI is InChI=1S/C17H16ClIO6/c1-7-5-8(20)13(19)16(24-4)17(7)15(21)11-9(22-2)6-10(23-3)12(18)14(11)25-17/h6-7H,5H2,1-4H3/t7-,17-/m1/s1. The van der Waals surface area contributed by atoms with E-state index < -0.39 is 11.5 Å². The quantitative estimate of drug-likeness (QED) is 0.619. The summed E-state index contributed by atoms with van der Waals surface area (Å²) in [5.41, 5.74) is -1.21. The molecule has 1 aliphatic carbocycles. The minimum absolute atomic E-state index is 0.0847. The third-order valence-corrected chi connectivity index (χ3v) is 6.04. The fraction of sp³-hybridized carbons (Fsp3) is 0.412. The maximum Gasteiger partial charge on any atom is 0.232 e. The van der Waals surface area contributed by atoms with Gasteiger partial charge in [0, 0.05) is 18.4 Å². The van der Waals surface area contributed by atoms with E-state index in [0.717, 1.165) is 0 Å². The van der Waals surface area contributed by atoms with Crippen LogP contribution in [0.4, 0.5) is 0 Å². The van der Waals surface area contributed by atoms with E-state index in [0.29, 0.717) is 15.1 Å². The van der Waals surface area contributed by atoms with Crippen LogP contribution in [0.2, 0.25) is 5.02 Å². The van der Waals surface area contributed by atoms with Crippen molar-refractivity contribution in [1.82, 2.24) is 0 Å². The van der Waals surface area contributed by atoms with Crippen molar-refractivity contribution in [2.24, 2.45) is 5.92 Å². The zero-order valence-corrected chi connectivity index (χ0v) is 17.0. The Hall–Kier alpha value is -1.48. The van der Waals surface area contributed by atoms with Gasteiger partial charge < -0.3 is 18.9 Å². The summed E-state index contributed by atoms with van der Waals surface area (Å²) in [6.07, 6.45) is 0.169. The molecule has 0 radical (unpaired) electrons. The largest absolute Gasteiger partial charge is 0.496 e. The lowest BCUT2D eigenvalue weighted by Gasteiger charge is -2.37. The number of benzene rings is 1. The van der Waals surface area contributed by atoms with Crippen molar-refractivity contribution in [2.75, 3.05) is 21.3 Å². The zero-order valence-electron chi connectivity index (χ0n) is 14.1. The predicted molar refractivity (Wildman–Crippen MR) is 99.1 cm³/mol. The van der Waals surface area contributed by atoms with Gasteiger partial charge in [-0.15, -0.1) is 0 Å². The Labute approximate surface area is 163 Å². The molecule has 0 saturated carbocycles. The van der Waals surface area contributed by atoms with Crippen LogP contribution in [0.1, 0.15) is 23.7 Å². The molecule has 0 amide bonds. The molecular weight excluding hydrogens is 463 g/mol. The maximum absolute atomic E-state index is 13.4. The van der Waals surface area contributed by atoms with Gasteiger partial charge in [-0.05, 0) is 22.6 Å². The van der Waals surface area contributed by atoms with Gasteiger partial charge in [-0.25, -0.2) is 0 Å². The average molecular weight is 479 g/mol. The summed E-state index contributed by atoms with van der Waals surface area (Å²) < 4.78 is 22.5. The number of carbonyl (C=O) groups excluding carboxylic acids is 2. The number of halogens is 2. The third kappa shape index (κ3) is 2.35. The summed E-state index contributed by atoms with van der Waals surface area (Å²) in [5, 5.41) is 0.179. The molecule has 134 valence electrons. The molecule has 1 aromatic rings. The average Bonchev–Trinajstić information content (AvgIpc) is 2.90. The molecule has 6 nitrogen and oxygen atoms in total. The molecule has 1 spiro atoms. The Morgan fingerprint density at radius 1 is 1.20 bits per heavy atom. The van der Waals surface area contributed by atoms with Gasteiger partial charge in [0.15, 0.2) is 17.3 Å². The second kappa shape index (κ2) is 6.35. The molecule has 0 fully saturated rings. The SMILES string of the molecule is COC1=C(I)C(=O)C[C@@H](C)[C@]12Oc1c(Cl)c(OC)cc(OC)c1C2=O. The monoisotopic (exact) mass is 478 g/mol. The summed E-state index contributed by atoms with van der Waals surface area (Å²) in [7, 11) is 4.33. The van der Waals surface area contributed by atoms with Crippen molar-refractivity contribution >= 4 is 45.8 Å². The second-order valence-electron chi connectivity index (χ2n) is 5.84. The summed E-state index contributed by atoms with van der Waals surface area (Å²) >= 11 is 8.26. The van der Waals surface area contributed by atoms with E-state index in [-0.39, 0.29) is 40.1 Å². The van der Waals surface area contributed by atoms with Gasteiger partial charge in [0.1, 0.15) is 22.1 Å². The van der Waals surface area contributed by atoms with Crippen molar-refractivity contribution in [3.8, 4) is 17.2 Å². The number of fused-ring (bicyclic) bond motifs is 1. The lowest BCUT2D eigenvalue weighted by atomic mass is 9.75. The lowest BCUT2D eigenvalue weighted by Crippen LogP contribution is -2.52. The minimum Gasteiger partial charge on any atom is -0.496 e. The molecule has 2 aliphatic rings. The summed E-state index contributed by atoms with van der Waals surface area (Å²) in [5.74, 6) is 0.165. The summed E-state index contributed by atoms with van der Waals surface area (Å²) in [6.45, 7) is 1.78. The minimum atomic E-state index is -1.44. The van der Waals surface area contributed by atoms with Crippen molar-refractivity contribution in [1.29, 1.82) is 0 Å². The molecule has 0 aromatic heterocycles. The Bertz CT molecular complexity index is 818. The molecule has 0 unspecified atom stereocenters. The lowest BCUT2D eigenvalue weighted by molar-refractivity contribution is -0.118. The van der Waals surface area contributed by atoms with E-state index in [9.17, 15) is 9.59 Å². The van der Waals surface area contributed by atoms with Crippen LogP contribution in [0.15, 0.2) is 15.4 Å². The van der Waals surface area contributed by atoms with Crippen molar-refractivity contribution < 1.29 is 28.5 Å². The maximum atomic E-state index is 13.4. The molecule has 0 N–H and O–H groups in total. The van der Waals surface area contributed by atoms with Crippen LogP contribution in [0.5, 0.6) is 17.2 Å². The van der Waals surface area contributed by atoms with Crippen molar-refractivity contribution in [3.63, 3.8) is 0 Å². The smallest absolute Gasteiger partial charge is 0.232 e. The van der Waals surface area contributed by atoms with E-state index >= 15 is 0 Å². The van der Waals surface area contributed by atoms with Gasteiger partial charge in [0.2, 0.25) is 11.4 Å². The molecule has 1 heterocycles. The first-order valence-corrected chi connectivity index (χ1v) is 8.94. The fourth-order valence-corrected chi connectivity index (χ4v) is 4.45. The molecule has 1 aromatic carbocycles. The van der Waals surface area contributed by atoms with E-state index in [4.69, 9.17) is 30.5 Å². The number of methoxy groups -OCH3 is 3. The van der Waals surface area contributed by atoms with Gasteiger partial charge in [-0.2, -0.15) is 0 Å². The number of ketones is 2. The number of allylic oxidation sites excluding steroid dienone is 1. The highest BCUT2D eigenvalue weighted by Crippen LogP contribution is 2.55. The van der Waals surface area contributed by atoms with Crippen molar-refractivity contribution in [2.45, 2.75) is 18.9 Å². The molecule has 3 rings (SSSR count). The summed E-state index contributed by atoms with van der Waals surface area (Å²) in [4.78, 5) is 25.6. The highest BCUT2D eigenvalue weighted by atomic mass is 127. The Kier molecular flexibility index (Phi) is 4.65. The number of rotatable bonds is 3. The first-order chi connectivity index (χ1) is 11.8. The number of carbonyl (C=O) groups is 2. The van der Waals surface area contributed by atoms with Crippen molar-refractivity contribution in [3.05, 3.63) is 26.0 Å². The number of hydrogen-bond acceptors (Lipinski definition) is 6. The van der Waals surface area contributed by atoms with Gasteiger partial charge in [-0.3, -0.25) is 9.59 Å². The molecule has 1 aliphatic heterocycles. The van der Waals surface area contributed by atoms with Crippen LogP contribution in [0.3, 0.4) is 0 Å². The van der Waals surface area contributed by atoms with E-state index in [1.807, 2.05) is 22.6 Å². The van der Waals surface area contributed by atoms with Crippen LogP contribution in [0.25, 0.3) is 0 Å². The Balaban J connectivity index is 2.30. The van der Waals surface area contributed by atoms with Gasteiger partial charge in [0.25, 0.3) is 0 Å². The number of Topliss-reactive ketones (excluding diaryl/α,β-unsaturated/α-hetero) is 2. The molecule has 2 atom stereocenters. The topological polar surface area (TPSA) is 71.1 Å². The third-order valence-electron chi connectivity index (χ3n) is 4.59. The zero-order chi connectivity index (χ0) is 18.5. The first kappa shape index (κ1) is 18.3. The van der Waals surface area contributed by atoms with Crippen LogP contribution < -0.4 is 14.2 Å². The molecule has 0 saturated heterocycles. The van der Waals surface area contributed by atoms with Gasteiger partial charge in [-0.1, -0.05) is 18.5 Å². The second-order valence-corrected chi connectivity index (χ2v) is 7.30. The van der Waals surface area contributed by atoms with Crippen LogP contribution in [0, 0.1) is 5.92 Å². The summed E-state index contributed by atoms with van der Waals surface area (Å²) in [6, 6.07) is 1.54. The normalized spacial score (nSPS) is 25.1. The molecule has 8 heteroatoms.